The number of hydrogen-bond donors (Lipinski definition) is 0. The fraction of sp³-hybridized carbons (Fsp3) is 0.0400. The SMILES string of the molecule is Cc1cccc2c1c1ccc3c4c1n2-c1ccccc1B4c1ccccc1C3.c1ccc(N(c2ccccc2)c2ccc3c(c2)c2ccc4c5c2n3-c2ccccc2B5c2ccccc2C4)cc1.c1ccc(N(c2ccccc2)c2ccc3c4ccc5c6c4n(c3c2)-c2ccccc2B6c2ccccc2C5)cc1. The van der Waals surface area contributed by atoms with Gasteiger partial charge in [0.25, 0.3) is 0 Å². The minimum absolute atomic E-state index is 0.265. The first-order chi connectivity index (χ1) is 53.6. The summed E-state index contributed by atoms with van der Waals surface area (Å²) in [4.78, 5) is 4.71. The molecule has 0 unspecified atom stereocenters. The number of nitrogens with zero attached hydrogens (tertiary/aromatic N) is 5. The molecule has 0 radical (unpaired) electrons. The fourth-order valence-corrected chi connectivity index (χ4v) is 20.2. The molecule has 0 bridgehead atoms. The topological polar surface area (TPSA) is 21.3 Å². The molecule has 0 saturated heterocycles. The molecule has 0 atom stereocenters. The molecule has 3 aromatic heterocycles. The largest absolute Gasteiger partial charge is 0.310 e. The Labute approximate surface area is 628 Å². The number of fused-ring (bicyclic) bond motifs is 24. The Balaban J connectivity index is 0.0000000995. The van der Waals surface area contributed by atoms with E-state index in [0.717, 1.165) is 53.4 Å². The van der Waals surface area contributed by atoms with E-state index < -0.39 is 0 Å². The Morgan fingerprint density at radius 2 is 0.574 bits per heavy atom. The fourth-order valence-electron chi connectivity index (χ4n) is 20.2. The number of anilines is 6. The van der Waals surface area contributed by atoms with Crippen molar-refractivity contribution in [1.29, 1.82) is 0 Å². The molecule has 0 amide bonds. The molecule has 9 heterocycles. The van der Waals surface area contributed by atoms with Crippen molar-refractivity contribution in [2.24, 2.45) is 0 Å². The summed E-state index contributed by atoms with van der Waals surface area (Å²) in [7, 11) is 0. The Bertz CT molecular complexity index is 6810. The number of para-hydroxylation sites is 7. The third-order valence-corrected chi connectivity index (χ3v) is 24.5. The van der Waals surface area contributed by atoms with Gasteiger partial charge in [0.15, 0.2) is 0 Å². The van der Waals surface area contributed by atoms with Crippen LogP contribution in [0.3, 0.4) is 0 Å². The van der Waals surface area contributed by atoms with E-state index >= 15 is 0 Å². The molecule has 25 rings (SSSR count). The quantitative estimate of drug-likeness (QED) is 0.155. The van der Waals surface area contributed by atoms with Crippen LogP contribution in [0, 0.1) is 6.92 Å². The van der Waals surface area contributed by atoms with Crippen molar-refractivity contribution >= 4 is 169 Å². The summed E-state index contributed by atoms with van der Waals surface area (Å²) < 4.78 is 7.60. The molecular formula is C100H68B3N5. The molecule has 0 saturated carbocycles. The number of benzene rings is 16. The lowest BCUT2D eigenvalue weighted by Crippen LogP contribution is -2.60. The van der Waals surface area contributed by atoms with E-state index in [1.54, 1.807) is 0 Å². The predicted molar refractivity (Wildman–Crippen MR) is 458 cm³/mol. The molecule has 108 heavy (non-hydrogen) atoms. The van der Waals surface area contributed by atoms with Gasteiger partial charge in [0.1, 0.15) is 0 Å². The van der Waals surface area contributed by atoms with Gasteiger partial charge in [-0.2, -0.15) is 0 Å². The van der Waals surface area contributed by atoms with Gasteiger partial charge in [-0.05, 0) is 201 Å². The average molecular weight is 1370 g/mol. The van der Waals surface area contributed by atoms with Crippen LogP contribution in [0.2, 0.25) is 0 Å². The zero-order chi connectivity index (χ0) is 70.8. The number of hydrogen-bond acceptors (Lipinski definition) is 2. The first-order valence-corrected chi connectivity index (χ1v) is 38.1. The van der Waals surface area contributed by atoms with E-state index in [9.17, 15) is 0 Å². The van der Waals surface area contributed by atoms with Gasteiger partial charge in [-0.3, -0.25) is 0 Å². The van der Waals surface area contributed by atoms with Crippen LogP contribution in [0.25, 0.3) is 82.5 Å². The average Bonchev–Trinajstić information content (AvgIpc) is 1.50. The zero-order valence-electron chi connectivity index (χ0n) is 59.7. The highest BCUT2D eigenvalue weighted by Crippen LogP contribution is 2.45. The smallest absolute Gasteiger partial charge is 0.247 e. The van der Waals surface area contributed by atoms with Gasteiger partial charge < -0.3 is 23.5 Å². The Morgan fingerprint density at radius 3 is 1.03 bits per heavy atom. The first kappa shape index (κ1) is 61.1. The van der Waals surface area contributed by atoms with Crippen molar-refractivity contribution in [3.8, 4) is 17.1 Å². The van der Waals surface area contributed by atoms with Crippen LogP contribution < -0.4 is 59.0 Å². The summed E-state index contributed by atoms with van der Waals surface area (Å²) in [6.45, 7) is 3.10. The molecule has 0 spiro atoms. The van der Waals surface area contributed by atoms with Gasteiger partial charge >= 0.3 is 0 Å². The standard InChI is InChI=1S/2C37H25BN2.C26H18BN/c1-3-12-27(13-4-1)39(28-14-5-2-6-15-28)29-20-22-30-31-21-19-26-23-25-11-7-8-16-32(25)38-33-17-9-10-18-34(33)40(35(30)24-29)37(31)36(26)38;1-3-12-27(13-4-1)39(28-14-5-2-6-15-28)29-20-22-34-31(24-29)30-21-19-26-23-25-11-7-8-16-32(25)38-33-17-9-10-18-35(33)40(34)37(30)36(26)38;1-16-7-6-12-23-24(16)19-14-13-18-15-17-8-2-3-9-20(17)27-21-10-4-5-11-22(21)28(23)26(19)25(18)27/h2*1-22,24H,23H2;2-14H,15H2,1H3. The predicted octanol–water partition coefficient (Wildman–Crippen LogP) is 17.8. The van der Waals surface area contributed by atoms with Crippen LogP contribution in [0.5, 0.6) is 0 Å². The Kier molecular flexibility index (Phi) is 13.5. The molecule has 0 fully saturated rings. The first-order valence-electron chi connectivity index (χ1n) is 38.1. The molecular weight excluding hydrogens is 1300 g/mol. The maximum Gasteiger partial charge on any atom is 0.247 e. The highest BCUT2D eigenvalue weighted by Gasteiger charge is 2.42. The molecule has 16 aromatic carbocycles. The van der Waals surface area contributed by atoms with Gasteiger partial charge in [-0.25, -0.2) is 0 Å². The Hall–Kier alpha value is -13.3. The highest BCUT2D eigenvalue weighted by molar-refractivity contribution is 7.00. The molecule has 6 aliphatic rings. The maximum absolute atomic E-state index is 2.54. The maximum atomic E-state index is 2.54. The summed E-state index contributed by atoms with van der Waals surface area (Å²) in [5, 5.41) is 8.06. The van der Waals surface area contributed by atoms with Gasteiger partial charge in [0.05, 0.1) is 16.6 Å². The zero-order valence-corrected chi connectivity index (χ0v) is 59.7. The normalized spacial score (nSPS) is 13.1. The number of aromatic nitrogens is 3. The third kappa shape index (κ3) is 8.92. The Morgan fingerprint density at radius 1 is 0.231 bits per heavy atom. The van der Waals surface area contributed by atoms with Crippen LogP contribution in [-0.4, -0.2) is 33.8 Å². The molecule has 502 valence electrons. The lowest BCUT2D eigenvalue weighted by Gasteiger charge is -2.33. The second kappa shape index (κ2) is 23.9. The molecule has 19 aromatic rings. The molecule has 0 N–H and O–H groups in total. The van der Waals surface area contributed by atoms with Crippen molar-refractivity contribution in [1.82, 2.24) is 13.7 Å². The van der Waals surface area contributed by atoms with E-state index in [1.165, 1.54) is 171 Å². The van der Waals surface area contributed by atoms with Gasteiger partial charge in [0, 0.05) is 100 Å². The van der Waals surface area contributed by atoms with Crippen LogP contribution in [-0.2, 0) is 19.3 Å². The number of rotatable bonds is 6. The van der Waals surface area contributed by atoms with Gasteiger partial charge in [-0.1, -0.05) is 271 Å². The van der Waals surface area contributed by atoms with Crippen LogP contribution in [0.4, 0.5) is 34.1 Å². The second-order valence-electron chi connectivity index (χ2n) is 30.1. The van der Waals surface area contributed by atoms with Gasteiger partial charge in [-0.15, -0.1) is 0 Å². The second-order valence-corrected chi connectivity index (χ2v) is 30.1. The highest BCUT2D eigenvalue weighted by atomic mass is 15.2. The monoisotopic (exact) mass is 1370 g/mol. The van der Waals surface area contributed by atoms with Crippen molar-refractivity contribution in [3.05, 3.63) is 397 Å². The van der Waals surface area contributed by atoms with Gasteiger partial charge in [0.2, 0.25) is 20.1 Å². The van der Waals surface area contributed by atoms with Crippen molar-refractivity contribution in [3.63, 3.8) is 0 Å². The summed E-state index contributed by atoms with van der Waals surface area (Å²) >= 11 is 0. The van der Waals surface area contributed by atoms with E-state index in [2.05, 4.69) is 388 Å². The summed E-state index contributed by atoms with van der Waals surface area (Å²) in [6.07, 6.45) is 3.01. The summed E-state index contributed by atoms with van der Waals surface area (Å²) in [5.41, 5.74) is 42.0. The van der Waals surface area contributed by atoms with Crippen LogP contribution in [0.15, 0.2) is 358 Å². The minimum Gasteiger partial charge on any atom is -0.310 e. The van der Waals surface area contributed by atoms with Crippen LogP contribution >= 0.6 is 0 Å². The van der Waals surface area contributed by atoms with E-state index in [0.29, 0.717) is 6.71 Å². The van der Waals surface area contributed by atoms with Crippen molar-refractivity contribution in [2.75, 3.05) is 9.80 Å². The summed E-state index contributed by atoms with van der Waals surface area (Å²) in [5.74, 6) is 0. The summed E-state index contributed by atoms with van der Waals surface area (Å²) in [6, 6.07) is 132. The van der Waals surface area contributed by atoms with E-state index in [-0.39, 0.29) is 13.4 Å². The lowest BCUT2D eigenvalue weighted by molar-refractivity contribution is 1.16. The molecule has 5 nitrogen and oxygen atoms in total. The molecule has 6 aliphatic heterocycles. The third-order valence-electron chi connectivity index (χ3n) is 24.5. The van der Waals surface area contributed by atoms with Crippen molar-refractivity contribution < 1.29 is 0 Å². The molecule has 0 aliphatic carbocycles. The van der Waals surface area contributed by atoms with E-state index in [4.69, 9.17) is 0 Å². The number of aryl methyl sites for hydroxylation is 1. The minimum atomic E-state index is 0.265. The lowest BCUT2D eigenvalue weighted by atomic mass is 9.32. The molecule has 8 heteroatoms. The van der Waals surface area contributed by atoms with Crippen molar-refractivity contribution in [2.45, 2.75) is 26.2 Å². The van der Waals surface area contributed by atoms with Crippen LogP contribution in [0.1, 0.15) is 38.9 Å². The van der Waals surface area contributed by atoms with E-state index in [1.807, 2.05) is 0 Å².